The van der Waals surface area contributed by atoms with E-state index >= 15 is 0 Å². The first kappa shape index (κ1) is 11.4. The van der Waals surface area contributed by atoms with E-state index in [1.165, 1.54) is 6.92 Å². The zero-order valence-electron chi connectivity index (χ0n) is 7.55. The molecule has 3 nitrogen and oxygen atoms in total. The number of carbonyl (C=O) groups excluding carboxylic acids is 1. The van der Waals surface area contributed by atoms with Crippen LogP contribution in [0.5, 0.6) is 0 Å². The van der Waals surface area contributed by atoms with Crippen molar-refractivity contribution in [3.63, 3.8) is 0 Å². The number of carbonyl (C=O) groups is 2. The molecular weight excluding hydrogens is 214 g/mol. The Bertz CT molecular complexity index is 272. The Balaban J connectivity index is 2.88. The van der Waals surface area contributed by atoms with Crippen molar-refractivity contribution in [3.8, 4) is 0 Å². The molecule has 0 aliphatic carbocycles. The van der Waals surface area contributed by atoms with Crippen molar-refractivity contribution in [3.05, 3.63) is 0 Å². The van der Waals surface area contributed by atoms with Crippen molar-refractivity contribution in [1.82, 2.24) is 0 Å². The molecule has 1 aliphatic rings. The van der Waals surface area contributed by atoms with E-state index in [1.807, 2.05) is 0 Å². The fourth-order valence-corrected chi connectivity index (χ4v) is 2.67. The maximum Gasteiger partial charge on any atom is 0.401 e. The van der Waals surface area contributed by atoms with Crippen LogP contribution < -0.4 is 0 Å². The molecule has 1 saturated heterocycles. The maximum atomic E-state index is 12.9. The SMILES string of the molecule is CC1(C(=O)C(F)(F)C(=O)O)CCCS1. The van der Waals surface area contributed by atoms with Crippen LogP contribution in [0.25, 0.3) is 0 Å². The Kier molecular flexibility index (Phi) is 2.85. The van der Waals surface area contributed by atoms with Crippen molar-refractivity contribution >= 4 is 23.5 Å². The number of carboxylic acid groups (broad SMARTS) is 1. The fraction of sp³-hybridized carbons (Fsp3) is 0.750. The van der Waals surface area contributed by atoms with E-state index in [9.17, 15) is 18.4 Å². The topological polar surface area (TPSA) is 54.4 Å². The van der Waals surface area contributed by atoms with Crippen LogP contribution in [0.1, 0.15) is 19.8 Å². The molecule has 0 saturated carbocycles. The number of Topliss-reactive ketones (excluding diaryl/α,β-unsaturated/α-hetero) is 1. The monoisotopic (exact) mass is 224 g/mol. The van der Waals surface area contributed by atoms with Crippen molar-refractivity contribution in [1.29, 1.82) is 0 Å². The first-order chi connectivity index (χ1) is 6.31. The Morgan fingerprint density at radius 1 is 1.50 bits per heavy atom. The molecule has 0 aromatic rings. The van der Waals surface area contributed by atoms with E-state index in [0.29, 0.717) is 18.6 Å². The molecule has 1 rings (SSSR count). The van der Waals surface area contributed by atoms with E-state index in [0.717, 1.165) is 11.8 Å². The van der Waals surface area contributed by atoms with Crippen molar-refractivity contribution in [2.75, 3.05) is 5.75 Å². The molecule has 0 aromatic heterocycles. The predicted molar refractivity (Wildman–Crippen MR) is 47.7 cm³/mol. The average molecular weight is 224 g/mol. The predicted octanol–water partition coefficient (Wildman–Crippen LogP) is 1.56. The van der Waals surface area contributed by atoms with Gasteiger partial charge in [-0.05, 0) is 25.5 Å². The molecule has 1 aliphatic heterocycles. The highest BCUT2D eigenvalue weighted by Crippen LogP contribution is 2.42. The number of alkyl halides is 2. The molecule has 1 N–H and O–H groups in total. The van der Waals surface area contributed by atoms with E-state index in [1.54, 1.807) is 0 Å². The van der Waals surface area contributed by atoms with Gasteiger partial charge in [-0.25, -0.2) is 4.79 Å². The summed E-state index contributed by atoms with van der Waals surface area (Å²) in [5.41, 5.74) is 0. The molecule has 1 atom stereocenters. The van der Waals surface area contributed by atoms with Gasteiger partial charge in [-0.2, -0.15) is 8.78 Å². The third-order valence-corrected chi connectivity index (χ3v) is 3.77. The second kappa shape index (κ2) is 3.49. The van der Waals surface area contributed by atoms with Gasteiger partial charge >= 0.3 is 11.9 Å². The van der Waals surface area contributed by atoms with Crippen molar-refractivity contribution in [2.45, 2.75) is 30.4 Å². The highest BCUT2D eigenvalue weighted by molar-refractivity contribution is 8.01. The molecule has 0 bridgehead atoms. The zero-order valence-corrected chi connectivity index (χ0v) is 8.37. The Hall–Kier alpha value is -0.650. The smallest absolute Gasteiger partial charge is 0.401 e. The van der Waals surface area contributed by atoms with Gasteiger partial charge in [-0.1, -0.05) is 0 Å². The summed E-state index contributed by atoms with van der Waals surface area (Å²) in [4.78, 5) is 21.5. The van der Waals surface area contributed by atoms with Crippen LogP contribution in [-0.4, -0.2) is 33.3 Å². The van der Waals surface area contributed by atoms with E-state index in [-0.39, 0.29) is 0 Å². The van der Waals surface area contributed by atoms with E-state index < -0.39 is 22.4 Å². The summed E-state index contributed by atoms with van der Waals surface area (Å²) in [7, 11) is 0. The van der Waals surface area contributed by atoms with Gasteiger partial charge in [0.05, 0.1) is 4.75 Å². The molecular formula is C8H10F2O3S. The number of aliphatic carboxylic acids is 1. The number of ketones is 1. The second-order valence-corrected chi connectivity index (χ2v) is 4.99. The molecule has 0 aromatic carbocycles. The Labute approximate surface area is 83.9 Å². The van der Waals surface area contributed by atoms with Gasteiger partial charge in [0.25, 0.3) is 0 Å². The summed E-state index contributed by atoms with van der Waals surface area (Å²) in [5, 5.41) is 8.21. The van der Waals surface area contributed by atoms with Crippen molar-refractivity contribution < 1.29 is 23.5 Å². The number of rotatable bonds is 3. The van der Waals surface area contributed by atoms with E-state index in [2.05, 4.69) is 0 Å². The minimum Gasteiger partial charge on any atom is -0.476 e. The lowest BCUT2D eigenvalue weighted by Gasteiger charge is -2.23. The van der Waals surface area contributed by atoms with Gasteiger partial charge in [-0.15, -0.1) is 11.8 Å². The summed E-state index contributed by atoms with van der Waals surface area (Å²) in [5.74, 6) is -7.49. The number of halogens is 2. The molecule has 1 unspecified atom stereocenters. The number of thioether (sulfide) groups is 1. The van der Waals surface area contributed by atoms with Gasteiger partial charge in [0.1, 0.15) is 0 Å². The van der Waals surface area contributed by atoms with Gasteiger partial charge in [-0.3, -0.25) is 4.79 Å². The molecule has 14 heavy (non-hydrogen) atoms. The lowest BCUT2D eigenvalue weighted by molar-refractivity contribution is -0.172. The Morgan fingerprint density at radius 2 is 2.07 bits per heavy atom. The minimum absolute atomic E-state index is 0.319. The maximum absolute atomic E-state index is 12.9. The number of carboxylic acids is 1. The fourth-order valence-electron chi connectivity index (χ4n) is 1.39. The highest BCUT2D eigenvalue weighted by atomic mass is 32.2. The van der Waals surface area contributed by atoms with E-state index in [4.69, 9.17) is 5.11 Å². The molecule has 0 amide bonds. The van der Waals surface area contributed by atoms with Gasteiger partial charge in [0.15, 0.2) is 0 Å². The standard InChI is InChI=1S/C8H10F2O3S/c1-7(3-2-4-14-7)5(11)8(9,10)6(12)13/h2-4H2,1H3,(H,12,13). The third kappa shape index (κ3) is 1.75. The van der Waals surface area contributed by atoms with Crippen LogP contribution in [0.15, 0.2) is 0 Å². The third-order valence-electron chi connectivity index (χ3n) is 2.25. The number of hydrogen-bond donors (Lipinski definition) is 1. The average Bonchev–Trinajstić information content (AvgIpc) is 2.51. The first-order valence-electron chi connectivity index (χ1n) is 4.11. The first-order valence-corrected chi connectivity index (χ1v) is 5.09. The summed E-state index contributed by atoms with van der Waals surface area (Å²) >= 11 is 1.10. The normalized spacial score (nSPS) is 27.6. The molecule has 1 fully saturated rings. The highest BCUT2D eigenvalue weighted by Gasteiger charge is 2.56. The summed E-state index contributed by atoms with van der Waals surface area (Å²) in [6.07, 6.45) is 0.988. The van der Waals surface area contributed by atoms with Gasteiger partial charge in [0.2, 0.25) is 5.78 Å². The number of hydrogen-bond acceptors (Lipinski definition) is 3. The minimum atomic E-state index is -4.26. The second-order valence-electron chi connectivity index (χ2n) is 3.39. The molecule has 1 heterocycles. The van der Waals surface area contributed by atoms with Crippen LogP contribution in [0.2, 0.25) is 0 Å². The molecule has 80 valence electrons. The summed E-state index contributed by atoms with van der Waals surface area (Å²) in [6, 6.07) is 0. The summed E-state index contributed by atoms with van der Waals surface area (Å²) in [6.45, 7) is 1.38. The van der Waals surface area contributed by atoms with Crippen LogP contribution in [0, 0.1) is 0 Å². The molecule has 6 heteroatoms. The van der Waals surface area contributed by atoms with Crippen LogP contribution in [-0.2, 0) is 9.59 Å². The van der Waals surface area contributed by atoms with Crippen LogP contribution in [0.3, 0.4) is 0 Å². The largest absolute Gasteiger partial charge is 0.476 e. The quantitative estimate of drug-likeness (QED) is 0.739. The molecule has 0 spiro atoms. The van der Waals surface area contributed by atoms with Crippen LogP contribution >= 0.6 is 11.8 Å². The van der Waals surface area contributed by atoms with Crippen LogP contribution in [0.4, 0.5) is 8.78 Å². The van der Waals surface area contributed by atoms with Crippen molar-refractivity contribution in [2.24, 2.45) is 0 Å². The summed E-state index contributed by atoms with van der Waals surface area (Å²) < 4.78 is 24.5. The van der Waals surface area contributed by atoms with Gasteiger partial charge < -0.3 is 5.11 Å². The molecule has 0 radical (unpaired) electrons. The van der Waals surface area contributed by atoms with Gasteiger partial charge in [0, 0.05) is 0 Å². The Morgan fingerprint density at radius 3 is 2.43 bits per heavy atom. The lowest BCUT2D eigenvalue weighted by Crippen LogP contribution is -2.47. The lowest BCUT2D eigenvalue weighted by atomic mass is 9.96. The zero-order chi connectivity index (χ0) is 11.0.